The van der Waals surface area contributed by atoms with Gasteiger partial charge in [0.15, 0.2) is 0 Å². The molecule has 3 rings (SSSR count). The molecule has 2 aromatic carbocycles. The summed E-state index contributed by atoms with van der Waals surface area (Å²) in [6.07, 6.45) is -0.127. The number of hydrogen-bond acceptors (Lipinski definition) is 6. The van der Waals surface area contributed by atoms with Crippen molar-refractivity contribution in [3.8, 4) is 11.1 Å². The average molecular weight is 582 g/mol. The molecule has 228 valence electrons. The molecular weight excluding hydrogens is 538 g/mol. The van der Waals surface area contributed by atoms with Crippen LogP contribution in [0.3, 0.4) is 0 Å². The van der Waals surface area contributed by atoms with Gasteiger partial charge in [-0.3, -0.25) is 4.79 Å². The Morgan fingerprint density at radius 3 is 2.02 bits per heavy atom. The zero-order valence-corrected chi connectivity index (χ0v) is 25.3. The van der Waals surface area contributed by atoms with Crippen LogP contribution in [-0.2, 0) is 19.1 Å². The van der Waals surface area contributed by atoms with Gasteiger partial charge in [0.05, 0.1) is 0 Å². The first-order valence-corrected chi connectivity index (χ1v) is 14.4. The van der Waals surface area contributed by atoms with Crippen molar-refractivity contribution < 1.29 is 33.8 Å². The summed E-state index contributed by atoms with van der Waals surface area (Å²) >= 11 is 0. The fraction of sp³-hybridized carbons (Fsp3) is 0.500. The molecule has 3 amide bonds. The first-order valence-electron chi connectivity index (χ1n) is 14.4. The van der Waals surface area contributed by atoms with Gasteiger partial charge in [-0.15, -0.1) is 0 Å². The number of unbranched alkanes of at least 4 members (excludes halogenated alkanes) is 1. The fourth-order valence-corrected chi connectivity index (χ4v) is 5.10. The Kier molecular flexibility index (Phi) is 11.0. The average Bonchev–Trinajstić information content (AvgIpc) is 3.24. The standard InChI is InChI=1S/C32H43N3O7/c1-20(2)27(28(36)35(6)26(29(37)38)17-11-12-18-33-30(39)42-32(3,4)5)34-31(40)41-19-25-23-15-9-7-13-21(23)22-14-8-10-16-24(22)25/h7-10,13-16,20,25-27H,11-12,17-19H2,1-6H3,(H,33,39)(H,34,40)(H,37,38)/t26-,27-/m0/s1. The summed E-state index contributed by atoms with van der Waals surface area (Å²) in [6.45, 7) is 9.27. The molecule has 0 radical (unpaired) electrons. The van der Waals surface area contributed by atoms with E-state index in [-0.39, 0.29) is 24.9 Å². The molecule has 0 unspecified atom stereocenters. The first kappa shape index (κ1) is 32.4. The second kappa shape index (κ2) is 14.2. The number of carbonyl (C=O) groups excluding carboxylic acids is 3. The number of nitrogens with zero attached hydrogens (tertiary/aromatic N) is 1. The number of ether oxygens (including phenoxy) is 2. The van der Waals surface area contributed by atoms with Gasteiger partial charge in [0.25, 0.3) is 0 Å². The molecule has 0 spiro atoms. The number of carbonyl (C=O) groups is 4. The van der Waals surface area contributed by atoms with Gasteiger partial charge in [0.1, 0.15) is 24.3 Å². The fourth-order valence-electron chi connectivity index (χ4n) is 5.10. The zero-order valence-electron chi connectivity index (χ0n) is 25.3. The second-order valence-electron chi connectivity index (χ2n) is 11.9. The summed E-state index contributed by atoms with van der Waals surface area (Å²) in [4.78, 5) is 51.3. The number of carboxylic acids is 1. The number of nitrogens with one attached hydrogen (secondary N) is 2. The minimum Gasteiger partial charge on any atom is -0.480 e. The number of rotatable bonds is 12. The normalized spacial score (nSPS) is 13.9. The third kappa shape index (κ3) is 8.47. The molecule has 2 aromatic rings. The van der Waals surface area contributed by atoms with Crippen LogP contribution in [0, 0.1) is 5.92 Å². The van der Waals surface area contributed by atoms with Gasteiger partial charge in [-0.05, 0) is 68.2 Å². The minimum absolute atomic E-state index is 0.101. The highest BCUT2D eigenvalue weighted by molar-refractivity contribution is 5.89. The summed E-state index contributed by atoms with van der Waals surface area (Å²) in [7, 11) is 1.43. The molecule has 2 atom stereocenters. The molecular formula is C32H43N3O7. The summed E-state index contributed by atoms with van der Waals surface area (Å²) in [6, 6.07) is 14.0. The third-order valence-corrected chi connectivity index (χ3v) is 7.22. The molecule has 42 heavy (non-hydrogen) atoms. The molecule has 0 bridgehead atoms. The van der Waals surface area contributed by atoms with Crippen LogP contribution in [0.4, 0.5) is 9.59 Å². The van der Waals surface area contributed by atoms with E-state index in [0.29, 0.717) is 19.4 Å². The van der Waals surface area contributed by atoms with Gasteiger partial charge in [-0.25, -0.2) is 14.4 Å². The molecule has 0 aromatic heterocycles. The quantitative estimate of drug-likeness (QED) is 0.295. The highest BCUT2D eigenvalue weighted by Crippen LogP contribution is 2.44. The smallest absolute Gasteiger partial charge is 0.407 e. The van der Waals surface area contributed by atoms with Gasteiger partial charge in [0.2, 0.25) is 5.91 Å². The number of hydrogen-bond donors (Lipinski definition) is 3. The molecule has 0 fully saturated rings. The van der Waals surface area contributed by atoms with Crippen LogP contribution in [0.5, 0.6) is 0 Å². The van der Waals surface area contributed by atoms with Gasteiger partial charge >= 0.3 is 18.2 Å². The van der Waals surface area contributed by atoms with Crippen LogP contribution in [0.2, 0.25) is 0 Å². The number of fused-ring (bicyclic) bond motifs is 3. The van der Waals surface area contributed by atoms with Gasteiger partial charge < -0.3 is 30.1 Å². The predicted molar refractivity (Wildman–Crippen MR) is 159 cm³/mol. The van der Waals surface area contributed by atoms with Crippen molar-refractivity contribution in [1.82, 2.24) is 15.5 Å². The lowest BCUT2D eigenvalue weighted by molar-refractivity contribution is -0.150. The van der Waals surface area contributed by atoms with Crippen LogP contribution in [0.15, 0.2) is 48.5 Å². The van der Waals surface area contributed by atoms with E-state index < -0.39 is 41.7 Å². The van der Waals surface area contributed by atoms with Crippen molar-refractivity contribution in [2.45, 2.75) is 77.5 Å². The van der Waals surface area contributed by atoms with Crippen LogP contribution in [0.25, 0.3) is 11.1 Å². The maximum absolute atomic E-state index is 13.4. The Labute approximate surface area is 247 Å². The maximum Gasteiger partial charge on any atom is 0.407 e. The van der Waals surface area contributed by atoms with Crippen LogP contribution in [-0.4, -0.2) is 72.0 Å². The van der Waals surface area contributed by atoms with Crippen molar-refractivity contribution in [2.24, 2.45) is 5.92 Å². The molecule has 0 saturated heterocycles. The highest BCUT2D eigenvalue weighted by Gasteiger charge is 2.34. The van der Waals surface area contributed by atoms with E-state index in [0.717, 1.165) is 27.2 Å². The number of likely N-dealkylation sites (N-methyl/N-ethyl adjacent to an activating group) is 1. The number of alkyl carbamates (subject to hydrolysis) is 2. The summed E-state index contributed by atoms with van der Waals surface area (Å²) in [5.41, 5.74) is 3.77. The highest BCUT2D eigenvalue weighted by atomic mass is 16.6. The number of benzene rings is 2. The Balaban J connectivity index is 1.55. The Hall–Kier alpha value is -4.08. The van der Waals surface area contributed by atoms with E-state index in [9.17, 15) is 24.3 Å². The molecule has 1 aliphatic carbocycles. The Bertz CT molecular complexity index is 1230. The summed E-state index contributed by atoms with van der Waals surface area (Å²) in [5.74, 6) is -2.10. The number of carboxylic acid groups (broad SMARTS) is 1. The third-order valence-electron chi connectivity index (χ3n) is 7.22. The molecule has 0 heterocycles. The minimum atomic E-state index is -1.14. The van der Waals surface area contributed by atoms with E-state index in [4.69, 9.17) is 9.47 Å². The topological polar surface area (TPSA) is 134 Å². The van der Waals surface area contributed by atoms with E-state index in [1.54, 1.807) is 34.6 Å². The summed E-state index contributed by atoms with van der Waals surface area (Å²) in [5, 5.41) is 15.1. The molecule has 0 saturated carbocycles. The number of amides is 3. The van der Waals surface area contributed by atoms with E-state index in [2.05, 4.69) is 10.6 Å². The Morgan fingerprint density at radius 1 is 0.929 bits per heavy atom. The second-order valence-corrected chi connectivity index (χ2v) is 11.9. The van der Waals surface area contributed by atoms with Crippen molar-refractivity contribution in [1.29, 1.82) is 0 Å². The van der Waals surface area contributed by atoms with Crippen molar-refractivity contribution >= 4 is 24.1 Å². The zero-order chi connectivity index (χ0) is 31.0. The van der Waals surface area contributed by atoms with Gasteiger partial charge in [-0.2, -0.15) is 0 Å². The number of aliphatic carboxylic acids is 1. The molecule has 0 aliphatic heterocycles. The first-order chi connectivity index (χ1) is 19.8. The lowest BCUT2D eigenvalue weighted by Gasteiger charge is -2.31. The SMILES string of the molecule is CC(C)[C@H](NC(=O)OCC1c2ccccc2-c2ccccc21)C(=O)N(C)[C@@H](CCCCNC(=O)OC(C)(C)C)C(=O)O. The van der Waals surface area contributed by atoms with E-state index in [1.165, 1.54) is 7.05 Å². The van der Waals surface area contributed by atoms with E-state index >= 15 is 0 Å². The van der Waals surface area contributed by atoms with Crippen molar-refractivity contribution in [2.75, 3.05) is 20.2 Å². The molecule has 1 aliphatic rings. The lowest BCUT2D eigenvalue weighted by Crippen LogP contribution is -2.54. The van der Waals surface area contributed by atoms with Crippen LogP contribution in [0.1, 0.15) is 70.9 Å². The molecule has 3 N–H and O–H groups in total. The predicted octanol–water partition coefficient (Wildman–Crippen LogP) is 5.16. The Morgan fingerprint density at radius 2 is 1.50 bits per heavy atom. The van der Waals surface area contributed by atoms with Crippen LogP contribution < -0.4 is 10.6 Å². The largest absolute Gasteiger partial charge is 0.480 e. The molecule has 10 nitrogen and oxygen atoms in total. The maximum atomic E-state index is 13.4. The molecule has 10 heteroatoms. The summed E-state index contributed by atoms with van der Waals surface area (Å²) < 4.78 is 10.8. The van der Waals surface area contributed by atoms with E-state index in [1.807, 2.05) is 48.5 Å². The van der Waals surface area contributed by atoms with Crippen LogP contribution >= 0.6 is 0 Å². The van der Waals surface area contributed by atoms with Gasteiger partial charge in [-0.1, -0.05) is 62.4 Å². The lowest BCUT2D eigenvalue weighted by atomic mass is 9.98. The van der Waals surface area contributed by atoms with Crippen molar-refractivity contribution in [3.05, 3.63) is 59.7 Å². The monoisotopic (exact) mass is 581 g/mol. The van der Waals surface area contributed by atoms with Crippen molar-refractivity contribution in [3.63, 3.8) is 0 Å². The van der Waals surface area contributed by atoms with Gasteiger partial charge in [0, 0.05) is 19.5 Å².